The van der Waals surface area contributed by atoms with Gasteiger partial charge in [0.15, 0.2) is 17.3 Å². The number of anilines is 1. The lowest BCUT2D eigenvalue weighted by Crippen LogP contribution is -2.15. The third-order valence-electron chi connectivity index (χ3n) is 3.95. The van der Waals surface area contributed by atoms with Crippen molar-refractivity contribution in [1.29, 1.82) is 0 Å². The van der Waals surface area contributed by atoms with E-state index in [0.29, 0.717) is 5.56 Å². The molecule has 0 saturated carbocycles. The number of carbonyl (C=O) groups is 2. The van der Waals surface area contributed by atoms with Gasteiger partial charge in [0.1, 0.15) is 6.61 Å². The molecule has 0 radical (unpaired) electrons. The van der Waals surface area contributed by atoms with Gasteiger partial charge in [-0.2, -0.15) is 8.78 Å². The molecule has 0 bridgehead atoms. The summed E-state index contributed by atoms with van der Waals surface area (Å²) < 4.78 is 44.5. The Hall–Kier alpha value is -3.88. The molecule has 0 aliphatic heterocycles. The Bertz CT molecular complexity index is 1020. The maximum Gasteiger partial charge on any atom is 0.387 e. The number of ether oxygens (including phenoxy) is 3. The van der Waals surface area contributed by atoms with Gasteiger partial charge in [-0.3, -0.25) is 4.79 Å². The highest BCUT2D eigenvalue weighted by Crippen LogP contribution is 2.30. The molecule has 0 unspecified atom stereocenters. The molecule has 0 fully saturated rings. The average molecular weight is 417 g/mol. The molecule has 30 heavy (non-hydrogen) atoms. The van der Waals surface area contributed by atoms with Crippen LogP contribution in [0.4, 0.5) is 14.5 Å². The number of esters is 1. The van der Waals surface area contributed by atoms with Gasteiger partial charge < -0.3 is 23.9 Å². The van der Waals surface area contributed by atoms with Gasteiger partial charge in [-0.15, -0.1) is 0 Å². The van der Waals surface area contributed by atoms with E-state index in [1.807, 2.05) is 0 Å². The number of methoxy groups -OCH3 is 1. The summed E-state index contributed by atoms with van der Waals surface area (Å²) in [6.45, 7) is -3.14. The SMILES string of the molecule is COc1cc(COC(=O)c2ccccc2NC(=O)c2ccco2)ccc1OC(F)F. The number of rotatable bonds is 8. The lowest BCUT2D eigenvalue weighted by atomic mass is 10.1. The molecule has 0 atom stereocenters. The summed E-state index contributed by atoms with van der Waals surface area (Å²) in [7, 11) is 1.31. The van der Waals surface area contributed by atoms with Gasteiger partial charge in [-0.25, -0.2) is 4.79 Å². The highest BCUT2D eigenvalue weighted by Gasteiger charge is 2.17. The summed E-state index contributed by atoms with van der Waals surface area (Å²) in [5.41, 5.74) is 0.892. The number of amides is 1. The number of nitrogens with one attached hydrogen (secondary N) is 1. The summed E-state index contributed by atoms with van der Waals surface area (Å²) >= 11 is 0. The predicted molar refractivity (Wildman–Crippen MR) is 102 cm³/mol. The number of carbonyl (C=O) groups excluding carboxylic acids is 2. The molecule has 3 rings (SSSR count). The molecule has 0 spiro atoms. The van der Waals surface area contributed by atoms with Crippen LogP contribution < -0.4 is 14.8 Å². The molecular formula is C21H17F2NO6. The van der Waals surface area contributed by atoms with Crippen molar-refractivity contribution in [2.24, 2.45) is 0 Å². The zero-order chi connectivity index (χ0) is 21.5. The van der Waals surface area contributed by atoms with E-state index in [4.69, 9.17) is 13.9 Å². The molecule has 0 aliphatic carbocycles. The van der Waals surface area contributed by atoms with Crippen LogP contribution in [0.1, 0.15) is 26.5 Å². The third-order valence-corrected chi connectivity index (χ3v) is 3.95. The van der Waals surface area contributed by atoms with Crippen molar-refractivity contribution in [1.82, 2.24) is 0 Å². The Labute approximate surface area is 170 Å². The van der Waals surface area contributed by atoms with Crippen molar-refractivity contribution in [2.45, 2.75) is 13.2 Å². The number of hydrogen-bond donors (Lipinski definition) is 1. The monoisotopic (exact) mass is 417 g/mol. The molecule has 7 nitrogen and oxygen atoms in total. The van der Waals surface area contributed by atoms with Crippen molar-refractivity contribution < 1.29 is 37.0 Å². The summed E-state index contributed by atoms with van der Waals surface area (Å²) in [4.78, 5) is 24.7. The molecule has 1 heterocycles. The van der Waals surface area contributed by atoms with Crippen molar-refractivity contribution in [2.75, 3.05) is 12.4 Å². The predicted octanol–water partition coefficient (Wildman–Crippen LogP) is 4.50. The van der Waals surface area contributed by atoms with Crippen molar-refractivity contribution >= 4 is 17.6 Å². The molecular weight excluding hydrogens is 400 g/mol. The van der Waals surface area contributed by atoms with Crippen molar-refractivity contribution in [3.05, 3.63) is 77.7 Å². The third kappa shape index (κ3) is 5.13. The number of para-hydroxylation sites is 1. The largest absolute Gasteiger partial charge is 0.493 e. The lowest BCUT2D eigenvalue weighted by Gasteiger charge is -2.13. The summed E-state index contributed by atoms with van der Waals surface area (Å²) in [5.74, 6) is -1.16. The van der Waals surface area contributed by atoms with Gasteiger partial charge in [0.25, 0.3) is 5.91 Å². The van der Waals surface area contributed by atoms with Crippen LogP contribution in [0, 0.1) is 0 Å². The van der Waals surface area contributed by atoms with E-state index in [2.05, 4.69) is 10.1 Å². The number of hydrogen-bond acceptors (Lipinski definition) is 6. The van der Waals surface area contributed by atoms with Crippen LogP contribution in [0.15, 0.2) is 65.3 Å². The van der Waals surface area contributed by atoms with Crippen molar-refractivity contribution in [3.63, 3.8) is 0 Å². The number of benzene rings is 2. The van der Waals surface area contributed by atoms with E-state index < -0.39 is 18.5 Å². The number of halogens is 2. The zero-order valence-electron chi connectivity index (χ0n) is 15.8. The molecule has 1 N–H and O–H groups in total. The summed E-state index contributed by atoms with van der Waals surface area (Å²) in [6, 6.07) is 13.6. The molecule has 0 saturated heterocycles. The van der Waals surface area contributed by atoms with Gasteiger partial charge >= 0.3 is 12.6 Å². The summed E-state index contributed by atoms with van der Waals surface area (Å²) in [5, 5.41) is 2.59. The first-order valence-electron chi connectivity index (χ1n) is 8.70. The van der Waals surface area contributed by atoms with Gasteiger partial charge in [-0.1, -0.05) is 18.2 Å². The fourth-order valence-corrected chi connectivity index (χ4v) is 2.58. The average Bonchev–Trinajstić information content (AvgIpc) is 3.28. The Morgan fingerprint density at radius 3 is 2.57 bits per heavy atom. The Balaban J connectivity index is 1.69. The van der Waals surface area contributed by atoms with Crippen molar-refractivity contribution in [3.8, 4) is 11.5 Å². The molecule has 3 aromatic rings. The molecule has 0 aliphatic rings. The van der Waals surface area contributed by atoms with E-state index in [9.17, 15) is 18.4 Å². The quantitative estimate of drug-likeness (QED) is 0.543. The maximum atomic E-state index is 12.5. The fourth-order valence-electron chi connectivity index (χ4n) is 2.58. The molecule has 9 heteroatoms. The lowest BCUT2D eigenvalue weighted by molar-refractivity contribution is -0.0512. The van der Waals surface area contributed by atoms with Gasteiger partial charge in [0, 0.05) is 0 Å². The molecule has 2 aromatic carbocycles. The minimum absolute atomic E-state index is 0.0787. The van der Waals surface area contributed by atoms with Crippen LogP contribution >= 0.6 is 0 Å². The van der Waals surface area contributed by atoms with E-state index in [0.717, 1.165) is 0 Å². The molecule has 156 valence electrons. The van der Waals surface area contributed by atoms with Gasteiger partial charge in [0.05, 0.1) is 24.6 Å². The van der Waals surface area contributed by atoms with Crippen LogP contribution in [0.3, 0.4) is 0 Å². The Morgan fingerprint density at radius 2 is 1.87 bits per heavy atom. The maximum absolute atomic E-state index is 12.5. The standard InChI is InChI=1S/C21H17F2NO6/c1-27-18-11-13(8-9-16(18)30-21(22)23)12-29-20(26)14-5-2-3-6-15(14)24-19(25)17-7-4-10-28-17/h2-11,21H,12H2,1H3,(H,24,25). The highest BCUT2D eigenvalue weighted by molar-refractivity contribution is 6.06. The second-order valence-corrected chi connectivity index (χ2v) is 5.92. The zero-order valence-corrected chi connectivity index (χ0v) is 15.8. The van der Waals surface area contributed by atoms with E-state index in [-0.39, 0.29) is 35.1 Å². The van der Waals surface area contributed by atoms with Crippen LogP contribution in [-0.4, -0.2) is 25.6 Å². The first-order valence-corrected chi connectivity index (χ1v) is 8.70. The topological polar surface area (TPSA) is 87.0 Å². The van der Waals surface area contributed by atoms with Crippen LogP contribution in [-0.2, 0) is 11.3 Å². The second kappa shape index (κ2) is 9.55. The Morgan fingerprint density at radius 1 is 1.07 bits per heavy atom. The normalized spacial score (nSPS) is 10.5. The smallest absolute Gasteiger partial charge is 0.387 e. The summed E-state index contributed by atoms with van der Waals surface area (Å²) in [6.07, 6.45) is 1.36. The van der Waals surface area contributed by atoms with Crippen LogP contribution in [0.25, 0.3) is 0 Å². The minimum Gasteiger partial charge on any atom is -0.493 e. The number of furan rings is 1. The van der Waals surface area contributed by atoms with E-state index in [1.54, 1.807) is 24.3 Å². The minimum atomic E-state index is -2.99. The highest BCUT2D eigenvalue weighted by atomic mass is 19.3. The van der Waals surface area contributed by atoms with E-state index in [1.165, 1.54) is 43.7 Å². The molecule has 1 aromatic heterocycles. The first kappa shape index (κ1) is 20.8. The van der Waals surface area contributed by atoms with Crippen LogP contribution in [0.2, 0.25) is 0 Å². The Kier molecular flexibility index (Phi) is 6.63. The van der Waals surface area contributed by atoms with Gasteiger partial charge in [-0.05, 0) is 42.0 Å². The second-order valence-electron chi connectivity index (χ2n) is 5.92. The van der Waals surface area contributed by atoms with Gasteiger partial charge in [0.2, 0.25) is 0 Å². The number of alkyl halides is 2. The molecule has 1 amide bonds. The first-order chi connectivity index (χ1) is 14.5. The van der Waals surface area contributed by atoms with E-state index >= 15 is 0 Å². The van der Waals surface area contributed by atoms with Crippen LogP contribution in [0.5, 0.6) is 11.5 Å². The fraction of sp³-hybridized carbons (Fsp3) is 0.143.